The molecule has 0 amide bonds. The third-order valence-electron chi connectivity index (χ3n) is 16.6. The molecule has 0 rings (SSSR count). The van der Waals surface area contributed by atoms with Gasteiger partial charge < -0.3 is 33.8 Å². The number of unbranched alkanes of at least 4 members (excludes halogenated alkanes) is 22. The lowest BCUT2D eigenvalue weighted by Gasteiger charge is -2.21. The van der Waals surface area contributed by atoms with Crippen LogP contribution in [-0.2, 0) is 65.4 Å². The van der Waals surface area contributed by atoms with E-state index in [0.29, 0.717) is 32.1 Å². The standard InChI is InChI=1S/C89H146O17P2/c1-5-9-13-17-21-25-29-33-37-40-41-44-47-50-54-58-62-66-70-74-87(92)100-80-85(106-89(94)76-72-68-64-60-56-52-48-43-39-35-31-27-23-19-15-11-7-3)82-104-108(97,98)102-78-83(90)77-101-107(95,96)103-81-84(105-88(93)75-71-67-63-59-55-51-45-36-32-28-24-20-16-12-8-4)79-99-86(91)73-69-65-61-57-53-49-46-42-38-34-30-26-22-18-14-10-6-2/h10-11,14-15,21-28,33-39,41,44-46,48-49,52,60,64,83-85,90H,5-9,12-13,16-20,29-32,40,42-43,47,50-51,53-59,61-63,65-82H2,1-4H3,(H,95,96)(H,97,98)/b14-10-,15-11-,25-21-,26-22-,27-23-,28-24-,37-33-,38-34-,39-35-,44-41-,45-36-,49-46-,52-48-,64-60-. The SMILES string of the molecule is CC/C=C\C/C=C\C/C=C\C/C=C\C/C=C\CCCC(=O)OC(COC(=O)CCCCCCCC/C=C\C/C=C\C/C=C\CCCCC)COP(=O)(O)OCC(O)COP(=O)(O)OCC(COC(=O)CCCCCC/C=C\C/C=C\C/C=C\C/C=C\CC)OC(=O)CCCCCCC/C=C\C/C=C\CCCCC. The van der Waals surface area contributed by atoms with Crippen LogP contribution in [0.15, 0.2) is 170 Å². The van der Waals surface area contributed by atoms with Gasteiger partial charge in [0.05, 0.1) is 26.4 Å². The second-order valence-corrected chi connectivity index (χ2v) is 29.8. The average molecular weight is 1550 g/mol. The Morgan fingerprint density at radius 1 is 0.269 bits per heavy atom. The van der Waals surface area contributed by atoms with Crippen LogP contribution in [-0.4, -0.2) is 96.7 Å². The summed E-state index contributed by atoms with van der Waals surface area (Å²) in [5, 5.41) is 10.7. The van der Waals surface area contributed by atoms with E-state index in [9.17, 15) is 43.2 Å². The zero-order valence-corrected chi connectivity index (χ0v) is 69.0. The van der Waals surface area contributed by atoms with Crippen LogP contribution in [0.1, 0.15) is 310 Å². The van der Waals surface area contributed by atoms with E-state index >= 15 is 0 Å². The van der Waals surface area contributed by atoms with Gasteiger partial charge in [-0.3, -0.25) is 37.3 Å². The minimum atomic E-state index is -5.01. The smallest absolute Gasteiger partial charge is 0.462 e. The fourth-order valence-electron chi connectivity index (χ4n) is 10.4. The highest BCUT2D eigenvalue weighted by atomic mass is 31.2. The third kappa shape index (κ3) is 78.5. The van der Waals surface area contributed by atoms with Crippen LogP contribution in [0, 0.1) is 0 Å². The van der Waals surface area contributed by atoms with E-state index in [4.69, 9.17) is 37.0 Å². The molecule has 0 aliphatic rings. The molecule has 5 atom stereocenters. The summed E-state index contributed by atoms with van der Waals surface area (Å²) in [4.78, 5) is 73.2. The second kappa shape index (κ2) is 79.5. The van der Waals surface area contributed by atoms with Crippen LogP contribution in [0.3, 0.4) is 0 Å². The number of hydrogen-bond acceptors (Lipinski definition) is 15. The van der Waals surface area contributed by atoms with Crippen molar-refractivity contribution in [3.8, 4) is 0 Å². The van der Waals surface area contributed by atoms with Crippen LogP contribution >= 0.6 is 15.6 Å². The first-order chi connectivity index (χ1) is 52.7. The van der Waals surface area contributed by atoms with Gasteiger partial charge in [-0.25, -0.2) is 9.13 Å². The first-order valence-electron chi connectivity index (χ1n) is 41.4. The largest absolute Gasteiger partial charge is 0.472 e. The second-order valence-electron chi connectivity index (χ2n) is 26.9. The predicted molar refractivity (Wildman–Crippen MR) is 445 cm³/mol. The Morgan fingerprint density at radius 2 is 0.491 bits per heavy atom. The van der Waals surface area contributed by atoms with E-state index in [2.05, 4.69) is 186 Å². The monoisotopic (exact) mass is 1550 g/mol. The maximum absolute atomic E-state index is 13.1. The first kappa shape index (κ1) is 102. The van der Waals surface area contributed by atoms with Crippen LogP contribution in [0.2, 0.25) is 0 Å². The van der Waals surface area contributed by atoms with Gasteiger partial charge in [0.15, 0.2) is 12.2 Å². The molecule has 0 aromatic heterocycles. The molecule has 614 valence electrons. The van der Waals surface area contributed by atoms with Crippen molar-refractivity contribution in [1.29, 1.82) is 0 Å². The number of phosphoric ester groups is 2. The summed E-state index contributed by atoms with van der Waals surface area (Å²) in [6, 6.07) is 0. The van der Waals surface area contributed by atoms with Crippen molar-refractivity contribution < 1.29 is 80.2 Å². The number of hydrogen-bond donors (Lipinski definition) is 3. The van der Waals surface area contributed by atoms with Crippen molar-refractivity contribution in [2.45, 2.75) is 329 Å². The van der Waals surface area contributed by atoms with Crippen LogP contribution < -0.4 is 0 Å². The van der Waals surface area contributed by atoms with Crippen molar-refractivity contribution in [1.82, 2.24) is 0 Å². The molecule has 17 nitrogen and oxygen atoms in total. The lowest BCUT2D eigenvalue weighted by atomic mass is 10.1. The molecule has 0 aromatic rings. The molecule has 5 unspecified atom stereocenters. The van der Waals surface area contributed by atoms with Gasteiger partial charge in [-0.15, -0.1) is 0 Å². The number of carbonyl (C=O) groups excluding carboxylic acids is 4. The molecule has 0 heterocycles. The van der Waals surface area contributed by atoms with Gasteiger partial charge in [-0.2, -0.15) is 0 Å². The van der Waals surface area contributed by atoms with Gasteiger partial charge in [0.2, 0.25) is 0 Å². The summed E-state index contributed by atoms with van der Waals surface area (Å²) < 4.78 is 68.6. The minimum absolute atomic E-state index is 0.00715. The van der Waals surface area contributed by atoms with Gasteiger partial charge in [0.1, 0.15) is 19.3 Å². The number of aliphatic hydroxyl groups is 1. The lowest BCUT2D eigenvalue weighted by molar-refractivity contribution is -0.161. The first-order valence-corrected chi connectivity index (χ1v) is 44.4. The van der Waals surface area contributed by atoms with Crippen LogP contribution in [0.25, 0.3) is 0 Å². The third-order valence-corrected chi connectivity index (χ3v) is 18.5. The van der Waals surface area contributed by atoms with E-state index < -0.39 is 97.5 Å². The summed E-state index contributed by atoms with van der Waals surface area (Å²) >= 11 is 0. The Labute approximate surface area is 654 Å². The number of carbonyl (C=O) groups is 4. The highest BCUT2D eigenvalue weighted by Gasteiger charge is 2.30. The molecule has 19 heteroatoms. The lowest BCUT2D eigenvalue weighted by Crippen LogP contribution is -2.30. The normalized spacial score (nSPS) is 14.7. The van der Waals surface area contributed by atoms with Gasteiger partial charge >= 0.3 is 39.5 Å². The van der Waals surface area contributed by atoms with E-state index in [0.717, 1.165) is 186 Å². The van der Waals surface area contributed by atoms with E-state index in [1.807, 2.05) is 12.2 Å². The maximum atomic E-state index is 13.1. The van der Waals surface area contributed by atoms with Crippen molar-refractivity contribution in [2.24, 2.45) is 0 Å². The molecule has 0 spiro atoms. The Balaban J connectivity index is 5.48. The molecule has 0 saturated carbocycles. The van der Waals surface area contributed by atoms with Gasteiger partial charge in [-0.1, -0.05) is 281 Å². The highest BCUT2D eigenvalue weighted by Crippen LogP contribution is 2.45. The summed E-state index contributed by atoms with van der Waals surface area (Å²) in [5.41, 5.74) is 0. The maximum Gasteiger partial charge on any atom is 0.472 e. The highest BCUT2D eigenvalue weighted by molar-refractivity contribution is 7.47. The number of rotatable bonds is 76. The fraction of sp³-hybridized carbons (Fsp3) is 0.640. The Hall–Kier alpha value is -5.58. The van der Waals surface area contributed by atoms with Gasteiger partial charge in [0, 0.05) is 25.7 Å². The number of esters is 4. The number of ether oxygens (including phenoxy) is 4. The molecule has 0 aliphatic heterocycles. The molecular formula is C89H146O17P2. The quantitative estimate of drug-likeness (QED) is 0.0169. The van der Waals surface area contributed by atoms with Crippen molar-refractivity contribution in [3.63, 3.8) is 0 Å². The molecule has 108 heavy (non-hydrogen) atoms. The van der Waals surface area contributed by atoms with Gasteiger partial charge in [0.25, 0.3) is 0 Å². The Bertz CT molecular complexity index is 2710. The zero-order valence-electron chi connectivity index (χ0n) is 67.2. The molecule has 0 radical (unpaired) electrons. The van der Waals surface area contributed by atoms with Crippen LogP contribution in [0.5, 0.6) is 0 Å². The summed E-state index contributed by atoms with van der Waals surface area (Å²) in [5.74, 6) is -2.31. The Morgan fingerprint density at radius 3 is 0.778 bits per heavy atom. The van der Waals surface area contributed by atoms with E-state index in [1.165, 1.54) is 38.5 Å². The molecule has 0 bridgehead atoms. The Kier molecular flexibility index (Phi) is 75.4. The number of allylic oxidation sites excluding steroid dienone is 28. The topological polar surface area (TPSA) is 237 Å². The molecule has 0 aliphatic carbocycles. The summed E-state index contributed by atoms with van der Waals surface area (Å²) in [7, 11) is -10.0. The molecule has 0 aromatic carbocycles. The van der Waals surface area contributed by atoms with Crippen molar-refractivity contribution in [3.05, 3.63) is 170 Å². The molecular weight excluding hydrogens is 1400 g/mol. The van der Waals surface area contributed by atoms with Gasteiger partial charge in [-0.05, 0) is 173 Å². The van der Waals surface area contributed by atoms with Crippen LogP contribution in [0.4, 0.5) is 0 Å². The minimum Gasteiger partial charge on any atom is -0.462 e. The van der Waals surface area contributed by atoms with Crippen molar-refractivity contribution in [2.75, 3.05) is 39.6 Å². The van der Waals surface area contributed by atoms with E-state index in [1.54, 1.807) is 0 Å². The predicted octanol–water partition coefficient (Wildman–Crippen LogP) is 24.6. The van der Waals surface area contributed by atoms with E-state index in [-0.39, 0.29) is 25.7 Å². The average Bonchev–Trinajstić information content (AvgIpc) is 0.900. The zero-order chi connectivity index (χ0) is 78.9. The molecule has 0 saturated heterocycles. The number of phosphoric acid groups is 2. The van der Waals surface area contributed by atoms with Crippen molar-refractivity contribution >= 4 is 39.5 Å². The molecule has 3 N–H and O–H groups in total. The summed E-state index contributed by atoms with van der Waals surface area (Å²) in [6.07, 6.45) is 94.7. The molecule has 0 fully saturated rings. The number of aliphatic hydroxyl groups excluding tert-OH is 1. The fourth-order valence-corrected chi connectivity index (χ4v) is 12.0. The summed E-state index contributed by atoms with van der Waals surface area (Å²) in [6.45, 7) is 4.47.